The lowest BCUT2D eigenvalue weighted by Crippen LogP contribution is -1.99. The van der Waals surface area contributed by atoms with Crippen LogP contribution in [-0.2, 0) is 6.54 Å². The molecule has 3 nitrogen and oxygen atoms in total. The van der Waals surface area contributed by atoms with Gasteiger partial charge in [0.15, 0.2) is 0 Å². The average Bonchev–Trinajstić information content (AvgIpc) is 2.38. The van der Waals surface area contributed by atoms with Gasteiger partial charge in [-0.05, 0) is 30.3 Å². The van der Waals surface area contributed by atoms with Gasteiger partial charge in [0, 0.05) is 17.8 Å². The van der Waals surface area contributed by atoms with Crippen LogP contribution in [0.25, 0.3) is 0 Å². The normalized spacial score (nSPS) is 9.94. The van der Waals surface area contributed by atoms with Gasteiger partial charge in [-0.1, -0.05) is 18.2 Å². The Bertz CT molecular complexity index is 480. The number of aromatic hydroxyl groups is 1. The van der Waals surface area contributed by atoms with E-state index in [4.69, 9.17) is 4.74 Å². The molecule has 0 saturated carbocycles. The van der Waals surface area contributed by atoms with Crippen LogP contribution in [0.5, 0.6) is 11.5 Å². The van der Waals surface area contributed by atoms with Crippen LogP contribution in [0.3, 0.4) is 0 Å². The molecule has 2 N–H and O–H groups in total. The van der Waals surface area contributed by atoms with Crippen molar-refractivity contribution >= 4 is 5.69 Å². The molecule has 0 aliphatic rings. The van der Waals surface area contributed by atoms with E-state index < -0.39 is 0 Å². The van der Waals surface area contributed by atoms with Crippen molar-refractivity contribution in [3.63, 3.8) is 0 Å². The van der Waals surface area contributed by atoms with Gasteiger partial charge in [0.05, 0.1) is 7.11 Å². The molecule has 0 atom stereocenters. The SMILES string of the molecule is COc1ccc(NCc2ccccc2O)cc1. The second-order valence-corrected chi connectivity index (χ2v) is 3.71. The number of anilines is 1. The van der Waals surface area contributed by atoms with Gasteiger partial charge in [0.2, 0.25) is 0 Å². The van der Waals surface area contributed by atoms with Gasteiger partial charge in [-0.25, -0.2) is 0 Å². The second-order valence-electron chi connectivity index (χ2n) is 3.71. The number of rotatable bonds is 4. The topological polar surface area (TPSA) is 41.5 Å². The van der Waals surface area contributed by atoms with E-state index in [1.54, 1.807) is 13.2 Å². The summed E-state index contributed by atoms with van der Waals surface area (Å²) in [6, 6.07) is 15.0. The maximum Gasteiger partial charge on any atom is 0.120 e. The highest BCUT2D eigenvalue weighted by Crippen LogP contribution is 2.19. The Morgan fingerprint density at radius 1 is 1.06 bits per heavy atom. The number of methoxy groups -OCH3 is 1. The van der Waals surface area contributed by atoms with Crippen molar-refractivity contribution in [1.29, 1.82) is 0 Å². The van der Waals surface area contributed by atoms with Crippen LogP contribution in [0, 0.1) is 0 Å². The first-order valence-corrected chi connectivity index (χ1v) is 5.44. The summed E-state index contributed by atoms with van der Waals surface area (Å²) in [4.78, 5) is 0. The van der Waals surface area contributed by atoms with Gasteiger partial charge in [-0.3, -0.25) is 0 Å². The predicted octanol–water partition coefficient (Wildman–Crippen LogP) is 3.01. The smallest absolute Gasteiger partial charge is 0.120 e. The summed E-state index contributed by atoms with van der Waals surface area (Å²) in [5.74, 6) is 1.15. The van der Waals surface area contributed by atoms with E-state index >= 15 is 0 Å². The van der Waals surface area contributed by atoms with Crippen molar-refractivity contribution in [3.8, 4) is 11.5 Å². The van der Waals surface area contributed by atoms with Gasteiger partial charge >= 0.3 is 0 Å². The highest BCUT2D eigenvalue weighted by Gasteiger charge is 1.99. The number of phenolic OH excluding ortho intramolecular Hbond substituents is 1. The maximum absolute atomic E-state index is 9.61. The van der Waals surface area contributed by atoms with Crippen LogP contribution in [0.15, 0.2) is 48.5 Å². The second kappa shape index (κ2) is 5.25. The van der Waals surface area contributed by atoms with Crippen LogP contribution in [0.1, 0.15) is 5.56 Å². The summed E-state index contributed by atoms with van der Waals surface area (Å²) in [6.45, 7) is 0.596. The highest BCUT2D eigenvalue weighted by molar-refractivity contribution is 5.47. The molecule has 2 aromatic rings. The van der Waals surface area contributed by atoms with Crippen molar-refractivity contribution in [1.82, 2.24) is 0 Å². The lowest BCUT2D eigenvalue weighted by atomic mass is 10.2. The molecule has 0 aromatic heterocycles. The van der Waals surface area contributed by atoms with Crippen LogP contribution in [0.4, 0.5) is 5.69 Å². The van der Waals surface area contributed by atoms with Crippen LogP contribution < -0.4 is 10.1 Å². The number of hydrogen-bond donors (Lipinski definition) is 2. The van der Waals surface area contributed by atoms with Crippen molar-refractivity contribution in [3.05, 3.63) is 54.1 Å². The molecule has 0 bridgehead atoms. The molecule has 0 aliphatic carbocycles. The van der Waals surface area contributed by atoms with E-state index in [9.17, 15) is 5.11 Å². The van der Waals surface area contributed by atoms with Gasteiger partial charge in [0.1, 0.15) is 11.5 Å². The summed E-state index contributed by atoms with van der Waals surface area (Å²) < 4.78 is 5.08. The van der Waals surface area contributed by atoms with Crippen molar-refractivity contribution < 1.29 is 9.84 Å². The summed E-state index contributed by atoms with van der Waals surface area (Å²) >= 11 is 0. The Morgan fingerprint density at radius 2 is 1.76 bits per heavy atom. The molecule has 0 saturated heterocycles. The minimum Gasteiger partial charge on any atom is -0.508 e. The van der Waals surface area contributed by atoms with Gasteiger partial charge in [-0.15, -0.1) is 0 Å². The van der Waals surface area contributed by atoms with E-state index in [1.807, 2.05) is 42.5 Å². The first kappa shape index (κ1) is 11.3. The summed E-state index contributed by atoms with van der Waals surface area (Å²) in [7, 11) is 1.64. The van der Waals surface area contributed by atoms with Crippen molar-refractivity contribution in [2.45, 2.75) is 6.54 Å². The van der Waals surface area contributed by atoms with E-state index in [2.05, 4.69) is 5.32 Å². The lowest BCUT2D eigenvalue weighted by Gasteiger charge is -2.08. The third kappa shape index (κ3) is 2.91. The molecule has 0 amide bonds. The third-order valence-electron chi connectivity index (χ3n) is 2.56. The minimum atomic E-state index is 0.313. The molecule has 0 aliphatic heterocycles. The number of ether oxygens (including phenoxy) is 1. The van der Waals surface area contributed by atoms with Crippen LogP contribution in [0.2, 0.25) is 0 Å². The van der Waals surface area contributed by atoms with Crippen molar-refractivity contribution in [2.24, 2.45) is 0 Å². The fourth-order valence-electron chi connectivity index (χ4n) is 1.57. The molecule has 17 heavy (non-hydrogen) atoms. The van der Waals surface area contributed by atoms with E-state index in [1.165, 1.54) is 0 Å². The Labute approximate surface area is 101 Å². The van der Waals surface area contributed by atoms with Gasteiger partial charge in [-0.2, -0.15) is 0 Å². The monoisotopic (exact) mass is 229 g/mol. The number of nitrogens with one attached hydrogen (secondary N) is 1. The molecule has 0 radical (unpaired) electrons. The molecule has 3 heteroatoms. The van der Waals surface area contributed by atoms with Crippen LogP contribution in [-0.4, -0.2) is 12.2 Å². The Hall–Kier alpha value is -2.16. The average molecular weight is 229 g/mol. The Balaban J connectivity index is 2.00. The molecule has 2 rings (SSSR count). The molecular formula is C14H15NO2. The summed E-state index contributed by atoms with van der Waals surface area (Å²) in [6.07, 6.45) is 0. The number of para-hydroxylation sites is 1. The first-order chi connectivity index (χ1) is 8.29. The molecule has 0 fully saturated rings. The zero-order valence-corrected chi connectivity index (χ0v) is 9.68. The molecule has 2 aromatic carbocycles. The molecule has 88 valence electrons. The molecule has 0 unspecified atom stereocenters. The number of benzene rings is 2. The largest absolute Gasteiger partial charge is 0.508 e. The summed E-state index contributed by atoms with van der Waals surface area (Å²) in [5.41, 5.74) is 1.87. The first-order valence-electron chi connectivity index (χ1n) is 5.44. The number of phenols is 1. The lowest BCUT2D eigenvalue weighted by molar-refractivity contribution is 0.415. The zero-order valence-electron chi connectivity index (χ0n) is 9.68. The maximum atomic E-state index is 9.61. The van der Waals surface area contributed by atoms with Gasteiger partial charge < -0.3 is 15.2 Å². The Morgan fingerprint density at radius 3 is 2.41 bits per heavy atom. The number of hydrogen-bond acceptors (Lipinski definition) is 3. The predicted molar refractivity (Wildman–Crippen MR) is 68.4 cm³/mol. The highest BCUT2D eigenvalue weighted by atomic mass is 16.5. The zero-order chi connectivity index (χ0) is 12.1. The molecule has 0 heterocycles. The van der Waals surface area contributed by atoms with Gasteiger partial charge in [0.25, 0.3) is 0 Å². The fraction of sp³-hybridized carbons (Fsp3) is 0.143. The van der Waals surface area contributed by atoms with E-state index in [0.717, 1.165) is 17.0 Å². The third-order valence-corrected chi connectivity index (χ3v) is 2.56. The minimum absolute atomic E-state index is 0.313. The van der Waals surface area contributed by atoms with E-state index in [0.29, 0.717) is 12.3 Å². The summed E-state index contributed by atoms with van der Waals surface area (Å²) in [5, 5.41) is 12.8. The Kier molecular flexibility index (Phi) is 3.50. The molecule has 0 spiro atoms. The molecular weight excluding hydrogens is 214 g/mol. The fourth-order valence-corrected chi connectivity index (χ4v) is 1.57. The van der Waals surface area contributed by atoms with Crippen molar-refractivity contribution in [2.75, 3.05) is 12.4 Å². The standard InChI is InChI=1S/C14H15NO2/c1-17-13-8-6-12(7-9-13)15-10-11-4-2-3-5-14(11)16/h2-9,15-16H,10H2,1H3. The van der Waals surface area contributed by atoms with E-state index in [-0.39, 0.29) is 0 Å². The quantitative estimate of drug-likeness (QED) is 0.846. The van der Waals surface area contributed by atoms with Crippen LogP contribution >= 0.6 is 0 Å².